The fourth-order valence-electron chi connectivity index (χ4n) is 3.12. The van der Waals surface area contributed by atoms with Crippen LogP contribution >= 0.6 is 11.8 Å². The zero-order chi connectivity index (χ0) is 20.7. The summed E-state index contributed by atoms with van der Waals surface area (Å²) >= 11 is 1.33. The van der Waals surface area contributed by atoms with Crippen molar-refractivity contribution in [3.63, 3.8) is 0 Å². The van der Waals surface area contributed by atoms with Gasteiger partial charge >= 0.3 is 11.9 Å². The molecule has 1 aromatic carbocycles. The minimum absolute atomic E-state index is 0.0302. The highest BCUT2D eigenvalue weighted by Crippen LogP contribution is 2.37. The summed E-state index contributed by atoms with van der Waals surface area (Å²) in [7, 11) is 1.28. The molecule has 1 N–H and O–H groups in total. The van der Waals surface area contributed by atoms with Gasteiger partial charge in [-0.2, -0.15) is 0 Å². The van der Waals surface area contributed by atoms with Gasteiger partial charge in [0.2, 0.25) is 0 Å². The lowest BCUT2D eigenvalue weighted by molar-refractivity contribution is -0.148. The van der Waals surface area contributed by atoms with Crippen LogP contribution in [0.2, 0.25) is 0 Å². The van der Waals surface area contributed by atoms with Gasteiger partial charge in [0.25, 0.3) is 5.91 Å². The molecule has 1 amide bonds. The van der Waals surface area contributed by atoms with E-state index in [0.29, 0.717) is 5.56 Å². The minimum Gasteiger partial charge on any atom is -0.467 e. The number of ether oxygens (including phenoxy) is 3. The molecule has 1 aromatic rings. The number of carbonyl (C=O) groups excluding carboxylic acids is 3. The van der Waals surface area contributed by atoms with Gasteiger partial charge in [-0.15, -0.1) is 11.8 Å². The molecular formula is C20H27NO6S. The van der Waals surface area contributed by atoms with E-state index in [4.69, 9.17) is 14.2 Å². The second-order valence-electron chi connectivity index (χ2n) is 6.63. The monoisotopic (exact) mass is 409 g/mol. The van der Waals surface area contributed by atoms with Crippen LogP contribution in [0.15, 0.2) is 30.3 Å². The third-order valence-electron chi connectivity index (χ3n) is 4.64. The van der Waals surface area contributed by atoms with E-state index in [-0.39, 0.29) is 29.7 Å². The highest BCUT2D eigenvalue weighted by molar-refractivity contribution is 7.99. The van der Waals surface area contributed by atoms with E-state index in [2.05, 4.69) is 5.32 Å². The Kier molecular flexibility index (Phi) is 8.32. The molecule has 1 aliphatic heterocycles. The summed E-state index contributed by atoms with van der Waals surface area (Å²) in [4.78, 5) is 36.0. The summed E-state index contributed by atoms with van der Waals surface area (Å²) in [6.45, 7) is 5.36. The molecule has 28 heavy (non-hydrogen) atoms. The molecule has 8 heteroatoms. The number of amides is 1. The Balaban J connectivity index is 2.04. The molecule has 2 rings (SSSR count). The third kappa shape index (κ3) is 5.72. The second-order valence-corrected chi connectivity index (χ2v) is 7.76. The topological polar surface area (TPSA) is 90.9 Å². The predicted octanol–water partition coefficient (Wildman–Crippen LogP) is 2.39. The Hall–Kier alpha value is -2.06. The molecule has 5 atom stereocenters. The van der Waals surface area contributed by atoms with E-state index < -0.39 is 23.6 Å². The fourth-order valence-corrected chi connectivity index (χ4v) is 4.44. The van der Waals surface area contributed by atoms with Gasteiger partial charge in [0.1, 0.15) is 17.6 Å². The number of nitrogens with one attached hydrogen (secondary N) is 1. The first-order valence-corrected chi connectivity index (χ1v) is 10.3. The Morgan fingerprint density at radius 1 is 1.25 bits per heavy atom. The van der Waals surface area contributed by atoms with Crippen molar-refractivity contribution in [2.45, 2.75) is 50.9 Å². The fraction of sp³-hybridized carbons (Fsp3) is 0.550. The molecule has 0 unspecified atom stereocenters. The summed E-state index contributed by atoms with van der Waals surface area (Å²) in [5.41, 5.74) is 0.0422. The van der Waals surface area contributed by atoms with Crippen molar-refractivity contribution < 1.29 is 28.6 Å². The van der Waals surface area contributed by atoms with Gasteiger partial charge in [-0.3, -0.25) is 9.59 Å². The first kappa shape index (κ1) is 22.2. The van der Waals surface area contributed by atoms with Gasteiger partial charge in [0, 0.05) is 24.2 Å². The van der Waals surface area contributed by atoms with Crippen LogP contribution in [0.3, 0.4) is 0 Å². The largest absolute Gasteiger partial charge is 0.467 e. The first-order chi connectivity index (χ1) is 13.4. The van der Waals surface area contributed by atoms with E-state index in [9.17, 15) is 14.4 Å². The molecule has 0 radical (unpaired) electrons. The maximum Gasteiger partial charge on any atom is 0.329 e. The molecule has 0 aromatic heterocycles. The zero-order valence-corrected chi connectivity index (χ0v) is 17.4. The molecule has 1 heterocycles. The Morgan fingerprint density at radius 3 is 2.50 bits per heavy atom. The number of esters is 2. The van der Waals surface area contributed by atoms with Crippen molar-refractivity contribution in [2.75, 3.05) is 12.9 Å². The lowest BCUT2D eigenvalue weighted by Gasteiger charge is -2.22. The third-order valence-corrected chi connectivity index (χ3v) is 5.87. The maximum atomic E-state index is 12.4. The first-order valence-electron chi connectivity index (χ1n) is 9.25. The smallest absolute Gasteiger partial charge is 0.329 e. The molecule has 7 nitrogen and oxygen atoms in total. The summed E-state index contributed by atoms with van der Waals surface area (Å²) in [5.74, 6) is -0.998. The number of methoxy groups -OCH3 is 1. The Bertz CT molecular complexity index is 683. The molecule has 0 aliphatic carbocycles. The van der Waals surface area contributed by atoms with E-state index >= 15 is 0 Å². The molecular weight excluding hydrogens is 382 g/mol. The van der Waals surface area contributed by atoms with Crippen molar-refractivity contribution >= 4 is 29.6 Å². The number of carbonyl (C=O) groups is 3. The number of hydrogen-bond acceptors (Lipinski definition) is 7. The van der Waals surface area contributed by atoms with Crippen molar-refractivity contribution in [1.29, 1.82) is 0 Å². The van der Waals surface area contributed by atoms with Crippen LogP contribution < -0.4 is 5.32 Å². The van der Waals surface area contributed by atoms with Crippen LogP contribution in [0, 0.1) is 5.92 Å². The summed E-state index contributed by atoms with van der Waals surface area (Å²) in [6.07, 6.45) is 0.356. The molecule has 0 bridgehead atoms. The normalized spacial score (nSPS) is 25.0. The lowest BCUT2D eigenvalue weighted by Crippen LogP contribution is -2.44. The molecule has 1 fully saturated rings. The highest BCUT2D eigenvalue weighted by Gasteiger charge is 2.44. The number of hydrogen-bond donors (Lipinski definition) is 1. The van der Waals surface area contributed by atoms with Gasteiger partial charge in [0.05, 0.1) is 13.2 Å². The van der Waals surface area contributed by atoms with Crippen LogP contribution in [-0.4, -0.2) is 54.4 Å². The van der Waals surface area contributed by atoms with Crippen molar-refractivity contribution in [1.82, 2.24) is 5.32 Å². The molecule has 154 valence electrons. The van der Waals surface area contributed by atoms with Gasteiger partial charge in [-0.1, -0.05) is 32.0 Å². The predicted molar refractivity (Wildman–Crippen MR) is 106 cm³/mol. The van der Waals surface area contributed by atoms with Crippen molar-refractivity contribution in [3.05, 3.63) is 35.9 Å². The van der Waals surface area contributed by atoms with E-state index in [1.54, 1.807) is 24.3 Å². The number of benzene rings is 1. The van der Waals surface area contributed by atoms with Crippen LogP contribution in [0.4, 0.5) is 0 Å². The Morgan fingerprint density at radius 2 is 1.93 bits per heavy atom. The van der Waals surface area contributed by atoms with Crippen molar-refractivity contribution in [3.8, 4) is 0 Å². The van der Waals surface area contributed by atoms with Gasteiger partial charge in [-0.05, 0) is 18.6 Å². The lowest BCUT2D eigenvalue weighted by atomic mass is 10.00. The SMILES string of the molecule is CC[C@H]1O[C@H](SC[C@H](NC(=O)c2ccccc2)C(=O)OC)[C@H](OC(C)=O)[C@@H]1C. The minimum atomic E-state index is -0.847. The summed E-state index contributed by atoms with van der Waals surface area (Å²) < 4.78 is 16.3. The van der Waals surface area contributed by atoms with Crippen LogP contribution in [-0.2, 0) is 23.8 Å². The molecule has 0 spiro atoms. The summed E-state index contributed by atoms with van der Waals surface area (Å²) in [6, 6.07) is 7.79. The highest BCUT2D eigenvalue weighted by atomic mass is 32.2. The summed E-state index contributed by atoms with van der Waals surface area (Å²) in [5, 5.41) is 2.70. The van der Waals surface area contributed by atoms with Gasteiger partial charge < -0.3 is 19.5 Å². The Labute approximate surface area is 169 Å². The standard InChI is InChI=1S/C20H27NO6S/c1-5-16-12(2)17(26-13(3)22)20(27-16)28-11-15(19(24)25-4)21-18(23)14-9-7-6-8-10-14/h6-10,12,15-17,20H,5,11H2,1-4H3,(H,21,23)/t12-,15+,16-,17-,20-/m1/s1. The second kappa shape index (κ2) is 10.5. The van der Waals surface area contributed by atoms with E-state index in [0.717, 1.165) is 6.42 Å². The average Bonchev–Trinajstić information content (AvgIpc) is 2.99. The zero-order valence-electron chi connectivity index (χ0n) is 16.5. The maximum absolute atomic E-state index is 12.4. The molecule has 0 saturated carbocycles. The van der Waals surface area contributed by atoms with Crippen molar-refractivity contribution in [2.24, 2.45) is 5.92 Å². The quantitative estimate of drug-likeness (QED) is 0.659. The van der Waals surface area contributed by atoms with E-state index in [1.165, 1.54) is 25.8 Å². The number of rotatable bonds is 8. The van der Waals surface area contributed by atoms with E-state index in [1.807, 2.05) is 19.9 Å². The average molecular weight is 410 g/mol. The molecule has 1 aliphatic rings. The van der Waals surface area contributed by atoms with Gasteiger partial charge in [-0.25, -0.2) is 4.79 Å². The van der Waals surface area contributed by atoms with Gasteiger partial charge in [0.15, 0.2) is 0 Å². The van der Waals surface area contributed by atoms with Crippen LogP contribution in [0.1, 0.15) is 37.6 Å². The number of thioether (sulfide) groups is 1. The molecule has 1 saturated heterocycles. The van der Waals surface area contributed by atoms with Crippen LogP contribution in [0.25, 0.3) is 0 Å². The van der Waals surface area contributed by atoms with Crippen LogP contribution in [0.5, 0.6) is 0 Å².